The fourth-order valence-electron chi connectivity index (χ4n) is 2.06. The number of fused-ring (bicyclic) bond motifs is 1. The van der Waals surface area contributed by atoms with Gasteiger partial charge in [0.1, 0.15) is 5.82 Å². The van der Waals surface area contributed by atoms with E-state index in [4.69, 9.17) is 5.11 Å². The molecule has 0 fully saturated rings. The molecule has 7 heteroatoms. The maximum Gasteiger partial charge on any atom is 0.336 e. The van der Waals surface area contributed by atoms with Gasteiger partial charge >= 0.3 is 5.97 Å². The van der Waals surface area contributed by atoms with Gasteiger partial charge in [-0.3, -0.25) is 4.40 Å². The lowest BCUT2D eigenvalue weighted by Crippen LogP contribution is -2.17. The summed E-state index contributed by atoms with van der Waals surface area (Å²) in [6, 6.07) is 7.50. The van der Waals surface area contributed by atoms with Crippen molar-refractivity contribution in [1.29, 1.82) is 0 Å². The lowest BCUT2D eigenvalue weighted by molar-refractivity contribution is 0.0697. The first-order chi connectivity index (χ1) is 10.2. The highest BCUT2D eigenvalue weighted by molar-refractivity contribution is 7.10. The number of hydrogen-bond acceptors (Lipinski definition) is 5. The lowest BCUT2D eigenvalue weighted by atomic mass is 10.3. The summed E-state index contributed by atoms with van der Waals surface area (Å²) in [4.78, 5) is 11.8. The number of pyridine rings is 1. The third kappa shape index (κ3) is 3.09. The summed E-state index contributed by atoms with van der Waals surface area (Å²) in [6.45, 7) is 1.42. The van der Waals surface area contributed by atoms with Crippen molar-refractivity contribution >= 4 is 23.0 Å². The van der Waals surface area contributed by atoms with Gasteiger partial charge in [0.15, 0.2) is 5.65 Å². The van der Waals surface area contributed by atoms with Crippen molar-refractivity contribution in [2.45, 2.75) is 13.0 Å². The number of carbonyl (C=O) groups is 1. The van der Waals surface area contributed by atoms with Gasteiger partial charge in [0, 0.05) is 36.0 Å². The Labute approximate surface area is 125 Å². The fourth-order valence-corrected chi connectivity index (χ4v) is 2.89. The van der Waals surface area contributed by atoms with Gasteiger partial charge in [-0.05, 0) is 18.2 Å². The third-order valence-corrected chi connectivity index (χ3v) is 4.05. The second kappa shape index (κ2) is 6.02. The molecule has 0 amide bonds. The van der Waals surface area contributed by atoms with Crippen LogP contribution in [0.5, 0.6) is 0 Å². The van der Waals surface area contributed by atoms with Gasteiger partial charge in [0.25, 0.3) is 0 Å². The normalized spacial score (nSPS) is 11.0. The molecule has 0 aliphatic carbocycles. The van der Waals surface area contributed by atoms with Crippen LogP contribution in [0.25, 0.3) is 5.65 Å². The Bertz CT molecular complexity index is 765. The monoisotopic (exact) mass is 302 g/mol. The van der Waals surface area contributed by atoms with Crippen LogP contribution >= 0.6 is 11.3 Å². The SMILES string of the molecule is O=C(O)c1csc(CNCCc2nnc3ccccn23)c1. The first-order valence-electron chi connectivity index (χ1n) is 6.54. The van der Waals surface area contributed by atoms with Crippen molar-refractivity contribution in [2.24, 2.45) is 0 Å². The van der Waals surface area contributed by atoms with Crippen molar-refractivity contribution in [2.75, 3.05) is 6.54 Å². The summed E-state index contributed by atoms with van der Waals surface area (Å²) in [6.07, 6.45) is 2.71. The highest BCUT2D eigenvalue weighted by Gasteiger charge is 2.07. The maximum atomic E-state index is 10.8. The summed E-state index contributed by atoms with van der Waals surface area (Å²) >= 11 is 1.45. The van der Waals surface area contributed by atoms with Crippen molar-refractivity contribution < 1.29 is 9.90 Å². The minimum Gasteiger partial charge on any atom is -0.478 e. The van der Waals surface area contributed by atoms with E-state index in [9.17, 15) is 4.79 Å². The standard InChI is InChI=1S/C14H14N4O2S/c19-14(20)10-7-11(21-9-10)8-15-5-4-13-17-16-12-3-1-2-6-18(12)13/h1-3,6-7,9,15H,4-5,8H2,(H,19,20). The maximum absolute atomic E-state index is 10.8. The Balaban J connectivity index is 1.53. The van der Waals surface area contributed by atoms with Crippen molar-refractivity contribution in [1.82, 2.24) is 19.9 Å². The summed E-state index contributed by atoms with van der Waals surface area (Å²) in [5.41, 5.74) is 1.19. The van der Waals surface area contributed by atoms with Crippen LogP contribution in [0.2, 0.25) is 0 Å². The second-order valence-corrected chi connectivity index (χ2v) is 5.57. The molecule has 0 aliphatic heterocycles. The molecule has 3 aromatic rings. The largest absolute Gasteiger partial charge is 0.478 e. The van der Waals surface area contributed by atoms with E-state index in [0.29, 0.717) is 12.1 Å². The van der Waals surface area contributed by atoms with Gasteiger partial charge in [0.05, 0.1) is 5.56 Å². The summed E-state index contributed by atoms with van der Waals surface area (Å²) in [5, 5.41) is 22.1. The summed E-state index contributed by atoms with van der Waals surface area (Å²) < 4.78 is 1.97. The number of carboxylic acid groups (broad SMARTS) is 1. The zero-order valence-electron chi connectivity index (χ0n) is 11.2. The summed E-state index contributed by atoms with van der Waals surface area (Å²) in [5.74, 6) is 0.0305. The molecule has 21 heavy (non-hydrogen) atoms. The van der Waals surface area contributed by atoms with E-state index in [1.54, 1.807) is 11.4 Å². The van der Waals surface area contributed by atoms with E-state index < -0.39 is 5.97 Å². The zero-order chi connectivity index (χ0) is 14.7. The van der Waals surface area contributed by atoms with Gasteiger partial charge in [0.2, 0.25) is 0 Å². The molecule has 0 atom stereocenters. The van der Waals surface area contributed by atoms with Gasteiger partial charge in [-0.15, -0.1) is 21.5 Å². The zero-order valence-corrected chi connectivity index (χ0v) is 12.0. The van der Waals surface area contributed by atoms with E-state index >= 15 is 0 Å². The molecule has 0 saturated heterocycles. The topological polar surface area (TPSA) is 79.5 Å². The molecule has 3 aromatic heterocycles. The Morgan fingerprint density at radius 1 is 1.38 bits per heavy atom. The molecule has 0 aliphatic rings. The van der Waals surface area contributed by atoms with Crippen molar-refractivity contribution in [3.05, 3.63) is 52.1 Å². The number of carboxylic acids is 1. The number of hydrogen-bond donors (Lipinski definition) is 2. The molecule has 0 unspecified atom stereocenters. The van der Waals surface area contributed by atoms with Crippen LogP contribution in [-0.2, 0) is 13.0 Å². The Kier molecular flexibility index (Phi) is 3.94. The van der Waals surface area contributed by atoms with E-state index in [0.717, 1.165) is 29.3 Å². The van der Waals surface area contributed by atoms with Crippen LogP contribution in [-0.4, -0.2) is 32.2 Å². The van der Waals surface area contributed by atoms with Crippen molar-refractivity contribution in [3.63, 3.8) is 0 Å². The van der Waals surface area contributed by atoms with Crippen LogP contribution in [0.15, 0.2) is 35.8 Å². The number of aromatic nitrogens is 3. The number of thiophene rings is 1. The highest BCUT2D eigenvalue weighted by atomic mass is 32.1. The summed E-state index contributed by atoms with van der Waals surface area (Å²) in [7, 11) is 0. The molecule has 0 spiro atoms. The van der Waals surface area contributed by atoms with Crippen LogP contribution < -0.4 is 5.32 Å². The second-order valence-electron chi connectivity index (χ2n) is 4.58. The minimum absolute atomic E-state index is 0.347. The van der Waals surface area contributed by atoms with Crippen LogP contribution in [0.4, 0.5) is 0 Å². The molecule has 3 rings (SSSR count). The molecule has 6 nitrogen and oxygen atoms in total. The molecule has 3 heterocycles. The van der Waals surface area contributed by atoms with Gasteiger partial charge in [-0.1, -0.05) is 6.07 Å². The Morgan fingerprint density at radius 2 is 2.29 bits per heavy atom. The van der Waals surface area contributed by atoms with E-state index in [2.05, 4.69) is 15.5 Å². The molecule has 0 bridgehead atoms. The van der Waals surface area contributed by atoms with E-state index in [-0.39, 0.29) is 0 Å². The molecule has 108 valence electrons. The quantitative estimate of drug-likeness (QED) is 0.679. The highest BCUT2D eigenvalue weighted by Crippen LogP contribution is 2.14. The predicted molar refractivity (Wildman–Crippen MR) is 79.7 cm³/mol. The Morgan fingerprint density at radius 3 is 3.10 bits per heavy atom. The minimum atomic E-state index is -0.882. The number of aromatic carboxylic acids is 1. The average Bonchev–Trinajstić information content (AvgIpc) is 3.11. The van der Waals surface area contributed by atoms with Crippen LogP contribution in [0.1, 0.15) is 21.1 Å². The number of rotatable bonds is 6. The average molecular weight is 302 g/mol. The first kappa shape index (κ1) is 13.7. The van der Waals surface area contributed by atoms with Gasteiger partial charge in [-0.25, -0.2) is 4.79 Å². The Hall–Kier alpha value is -2.25. The first-order valence-corrected chi connectivity index (χ1v) is 7.42. The number of nitrogens with zero attached hydrogens (tertiary/aromatic N) is 3. The van der Waals surface area contributed by atoms with Crippen molar-refractivity contribution in [3.8, 4) is 0 Å². The van der Waals surface area contributed by atoms with Crippen LogP contribution in [0, 0.1) is 0 Å². The smallest absolute Gasteiger partial charge is 0.336 e. The molecule has 0 saturated carbocycles. The lowest BCUT2D eigenvalue weighted by Gasteiger charge is -2.02. The number of nitrogens with one attached hydrogen (secondary N) is 1. The molecule has 2 N–H and O–H groups in total. The van der Waals surface area contributed by atoms with E-state index in [1.807, 2.05) is 28.8 Å². The molecule has 0 aromatic carbocycles. The van der Waals surface area contributed by atoms with Gasteiger partial charge in [-0.2, -0.15) is 0 Å². The molecular formula is C14H14N4O2S. The van der Waals surface area contributed by atoms with Crippen LogP contribution in [0.3, 0.4) is 0 Å². The fraction of sp³-hybridized carbons (Fsp3) is 0.214. The molecular weight excluding hydrogens is 288 g/mol. The van der Waals surface area contributed by atoms with E-state index in [1.165, 1.54) is 11.3 Å². The molecule has 0 radical (unpaired) electrons. The van der Waals surface area contributed by atoms with Gasteiger partial charge < -0.3 is 10.4 Å². The third-order valence-electron chi connectivity index (χ3n) is 3.11. The predicted octanol–water partition coefficient (Wildman–Crippen LogP) is 1.82.